The first-order valence-corrected chi connectivity index (χ1v) is 9.79. The summed E-state index contributed by atoms with van der Waals surface area (Å²) < 4.78 is 20.5. The molecule has 140 valence electrons. The largest absolute Gasteiger partial charge is 0.378 e. The van der Waals surface area contributed by atoms with E-state index in [1.165, 1.54) is 17.1 Å². The number of rotatable bonds is 5. The molecule has 6 nitrogen and oxygen atoms in total. The Balaban J connectivity index is 1.51. The van der Waals surface area contributed by atoms with Crippen molar-refractivity contribution in [1.82, 2.24) is 14.9 Å². The van der Waals surface area contributed by atoms with Crippen LogP contribution < -0.4 is 4.90 Å². The van der Waals surface area contributed by atoms with E-state index in [0.29, 0.717) is 17.0 Å². The summed E-state index contributed by atoms with van der Waals surface area (Å²) in [7, 11) is 0. The van der Waals surface area contributed by atoms with Crippen LogP contribution in [0.15, 0.2) is 41.5 Å². The number of thiophene rings is 1. The van der Waals surface area contributed by atoms with Gasteiger partial charge in [0.05, 0.1) is 24.4 Å². The minimum atomic E-state index is -0.260. The van der Waals surface area contributed by atoms with E-state index in [9.17, 15) is 4.39 Å². The van der Waals surface area contributed by atoms with Gasteiger partial charge in [0, 0.05) is 24.4 Å². The van der Waals surface area contributed by atoms with Crippen LogP contribution in [-0.2, 0) is 11.2 Å². The number of nitrogens with one attached hydrogen (secondary N) is 1. The molecule has 0 saturated carbocycles. The van der Waals surface area contributed by atoms with Crippen LogP contribution in [0.1, 0.15) is 16.3 Å². The van der Waals surface area contributed by atoms with Gasteiger partial charge >= 0.3 is 0 Å². The minimum absolute atomic E-state index is 0.260. The second-order valence-electron chi connectivity index (χ2n) is 6.08. The lowest BCUT2D eigenvalue weighted by Gasteiger charge is -2.27. The molecule has 3 aromatic rings. The number of aromatic nitrogens is 3. The van der Waals surface area contributed by atoms with E-state index in [2.05, 4.69) is 26.3 Å². The molecule has 1 fully saturated rings. The summed E-state index contributed by atoms with van der Waals surface area (Å²) in [6.45, 7) is 3.34. The molecule has 0 bridgehead atoms. The van der Waals surface area contributed by atoms with Gasteiger partial charge in [0.25, 0.3) is 0 Å². The minimum Gasteiger partial charge on any atom is -0.378 e. The summed E-state index contributed by atoms with van der Waals surface area (Å²) in [5, 5.41) is 12.7. The van der Waals surface area contributed by atoms with Crippen LogP contribution >= 0.6 is 23.6 Å². The Kier molecular flexibility index (Phi) is 5.42. The van der Waals surface area contributed by atoms with E-state index in [4.69, 9.17) is 17.0 Å². The molecule has 3 heterocycles. The third-order valence-corrected chi connectivity index (χ3v) is 5.57. The van der Waals surface area contributed by atoms with Gasteiger partial charge in [-0.2, -0.15) is 14.9 Å². The zero-order valence-corrected chi connectivity index (χ0v) is 16.1. The third-order valence-electron chi connectivity index (χ3n) is 4.23. The number of hydrogen-bond acceptors (Lipinski definition) is 6. The maximum Gasteiger partial charge on any atom is 0.216 e. The van der Waals surface area contributed by atoms with E-state index in [-0.39, 0.29) is 5.82 Å². The molecular formula is C18H18FN5OS2. The highest BCUT2D eigenvalue weighted by Gasteiger charge is 2.13. The van der Waals surface area contributed by atoms with Crippen molar-refractivity contribution in [2.24, 2.45) is 5.10 Å². The van der Waals surface area contributed by atoms with Crippen molar-refractivity contribution in [2.45, 2.75) is 6.42 Å². The predicted octanol–water partition coefficient (Wildman–Crippen LogP) is 3.45. The molecular weight excluding hydrogens is 385 g/mol. The summed E-state index contributed by atoms with van der Waals surface area (Å²) in [5.74, 6) is 0.414. The third kappa shape index (κ3) is 4.32. The first kappa shape index (κ1) is 18.0. The molecule has 0 aliphatic carbocycles. The summed E-state index contributed by atoms with van der Waals surface area (Å²) in [6.07, 6.45) is 2.29. The molecule has 9 heteroatoms. The molecule has 0 spiro atoms. The average Bonchev–Trinajstić information content (AvgIpc) is 3.30. The van der Waals surface area contributed by atoms with E-state index in [1.54, 1.807) is 34.4 Å². The Morgan fingerprint density at radius 2 is 2.00 bits per heavy atom. The van der Waals surface area contributed by atoms with Gasteiger partial charge in [-0.3, -0.25) is 5.10 Å². The molecule has 4 rings (SSSR count). The molecule has 0 amide bonds. The van der Waals surface area contributed by atoms with Crippen LogP contribution in [0.25, 0.3) is 0 Å². The van der Waals surface area contributed by atoms with Gasteiger partial charge in [0.1, 0.15) is 5.82 Å². The zero-order valence-electron chi connectivity index (χ0n) is 14.5. The van der Waals surface area contributed by atoms with Crippen LogP contribution in [0, 0.1) is 10.6 Å². The lowest BCUT2D eigenvalue weighted by atomic mass is 10.1. The van der Waals surface area contributed by atoms with Gasteiger partial charge < -0.3 is 9.64 Å². The first-order chi connectivity index (χ1) is 13.2. The number of H-pyrrole nitrogens is 1. The maximum atomic E-state index is 13.1. The Morgan fingerprint density at radius 3 is 2.78 bits per heavy atom. The number of aromatic amines is 1. The van der Waals surface area contributed by atoms with Crippen LogP contribution in [-0.4, -0.2) is 47.4 Å². The number of anilines is 1. The van der Waals surface area contributed by atoms with Gasteiger partial charge in [0.15, 0.2) is 5.82 Å². The average molecular weight is 404 g/mol. The highest BCUT2D eigenvalue weighted by atomic mass is 32.1. The molecule has 27 heavy (non-hydrogen) atoms. The fourth-order valence-corrected chi connectivity index (χ4v) is 3.95. The van der Waals surface area contributed by atoms with E-state index in [0.717, 1.165) is 36.7 Å². The van der Waals surface area contributed by atoms with Crippen LogP contribution in [0.3, 0.4) is 0 Å². The molecule has 1 aliphatic rings. The standard InChI is InChI=1S/C18H18FN5OS2/c19-14-3-1-13(2-4-14)11-16-21-22-18(26)24(16)20-12-15-5-6-17(27-15)23-7-9-25-10-8-23/h1-6,12H,7-11H2,(H,22,26)/b20-12-. The van der Waals surface area contributed by atoms with Gasteiger partial charge in [-0.1, -0.05) is 12.1 Å². The number of ether oxygens (including phenoxy) is 1. The normalized spacial score (nSPS) is 14.9. The highest BCUT2D eigenvalue weighted by Crippen LogP contribution is 2.25. The summed E-state index contributed by atoms with van der Waals surface area (Å²) >= 11 is 6.97. The van der Waals surface area contributed by atoms with Gasteiger partial charge in [-0.25, -0.2) is 4.39 Å². The number of morpholine rings is 1. The Morgan fingerprint density at radius 1 is 1.22 bits per heavy atom. The van der Waals surface area contributed by atoms with E-state index in [1.807, 2.05) is 6.07 Å². The smallest absolute Gasteiger partial charge is 0.216 e. The number of benzene rings is 1. The number of halogens is 1. The molecule has 1 aromatic carbocycles. The second kappa shape index (κ2) is 8.12. The van der Waals surface area contributed by atoms with Crippen molar-refractivity contribution >= 4 is 34.8 Å². The van der Waals surface area contributed by atoms with Crippen molar-refractivity contribution < 1.29 is 9.13 Å². The van der Waals surface area contributed by atoms with Gasteiger partial charge in [0.2, 0.25) is 4.77 Å². The van der Waals surface area contributed by atoms with E-state index >= 15 is 0 Å². The molecule has 0 atom stereocenters. The monoisotopic (exact) mass is 403 g/mol. The number of nitrogens with zero attached hydrogens (tertiary/aromatic N) is 4. The molecule has 0 radical (unpaired) electrons. The predicted molar refractivity (Wildman–Crippen MR) is 107 cm³/mol. The van der Waals surface area contributed by atoms with Gasteiger partial charge in [-0.15, -0.1) is 11.3 Å². The summed E-state index contributed by atoms with van der Waals surface area (Å²) in [4.78, 5) is 3.35. The number of hydrogen-bond donors (Lipinski definition) is 1. The lowest BCUT2D eigenvalue weighted by molar-refractivity contribution is 0.123. The molecule has 0 unspecified atom stereocenters. The second-order valence-corrected chi connectivity index (χ2v) is 7.56. The van der Waals surface area contributed by atoms with Crippen LogP contribution in [0.4, 0.5) is 9.39 Å². The van der Waals surface area contributed by atoms with Gasteiger partial charge in [-0.05, 0) is 42.0 Å². The van der Waals surface area contributed by atoms with Crippen molar-refractivity contribution in [3.05, 3.63) is 63.3 Å². The summed E-state index contributed by atoms with van der Waals surface area (Å²) in [5.41, 5.74) is 0.938. The quantitative estimate of drug-likeness (QED) is 0.524. The molecule has 1 aliphatic heterocycles. The molecule has 1 N–H and O–H groups in total. The Labute approximate surface area is 164 Å². The van der Waals surface area contributed by atoms with Crippen LogP contribution in [0.2, 0.25) is 0 Å². The molecule has 2 aromatic heterocycles. The highest BCUT2D eigenvalue weighted by molar-refractivity contribution is 7.71. The SMILES string of the molecule is Fc1ccc(Cc2n[nH]c(=S)n2/N=C\c2ccc(N3CCOCC3)s2)cc1. The topological polar surface area (TPSA) is 58.4 Å². The van der Waals surface area contributed by atoms with Crippen LogP contribution in [0.5, 0.6) is 0 Å². The summed E-state index contributed by atoms with van der Waals surface area (Å²) in [6, 6.07) is 10.5. The fourth-order valence-electron chi connectivity index (χ4n) is 2.82. The first-order valence-electron chi connectivity index (χ1n) is 8.57. The van der Waals surface area contributed by atoms with E-state index < -0.39 is 0 Å². The van der Waals surface area contributed by atoms with Crippen molar-refractivity contribution in [1.29, 1.82) is 0 Å². The Hall–Kier alpha value is -2.36. The maximum absolute atomic E-state index is 13.1. The lowest BCUT2D eigenvalue weighted by Crippen LogP contribution is -2.35. The zero-order chi connectivity index (χ0) is 18.6. The van der Waals surface area contributed by atoms with Crippen molar-refractivity contribution in [3.8, 4) is 0 Å². The Bertz CT molecular complexity index is 986. The van der Waals surface area contributed by atoms with Crippen molar-refractivity contribution in [3.63, 3.8) is 0 Å². The fraction of sp³-hybridized carbons (Fsp3) is 0.278. The van der Waals surface area contributed by atoms with Crippen molar-refractivity contribution in [2.75, 3.05) is 31.2 Å². The molecule has 1 saturated heterocycles.